The molecule has 0 saturated heterocycles. The van der Waals surface area contributed by atoms with Gasteiger partial charge < -0.3 is 15.3 Å². The molecular weight excluding hydrogens is 452 g/mol. The Morgan fingerprint density at radius 1 is 0.500 bits per heavy atom. The highest BCUT2D eigenvalue weighted by molar-refractivity contribution is 6.11. The highest BCUT2D eigenvalue weighted by atomic mass is 16.4. The van der Waals surface area contributed by atoms with E-state index in [2.05, 4.69) is 13.8 Å². The van der Waals surface area contributed by atoms with E-state index in [9.17, 15) is 24.9 Å². The minimum Gasteiger partial charge on any atom is -0.393 e. The van der Waals surface area contributed by atoms with Crippen molar-refractivity contribution in [1.29, 1.82) is 0 Å². The number of carbonyl (C=O) groups is 2. The molecule has 5 nitrogen and oxygen atoms in total. The maximum atomic E-state index is 13.2. The highest BCUT2D eigenvalue weighted by Gasteiger charge is 2.57. The fourth-order valence-corrected chi connectivity index (χ4v) is 5.07. The van der Waals surface area contributed by atoms with E-state index < -0.39 is 29.4 Å². The van der Waals surface area contributed by atoms with Crippen molar-refractivity contribution in [3.8, 4) is 0 Å². The van der Waals surface area contributed by atoms with Gasteiger partial charge in [0.1, 0.15) is 5.60 Å². The number of hydrogen-bond donors (Lipinski definition) is 3. The number of unbranched alkanes of at least 4 members (excludes halogenated alkanes) is 17. The van der Waals surface area contributed by atoms with Crippen molar-refractivity contribution >= 4 is 11.6 Å². The second kappa shape index (κ2) is 22.2. The van der Waals surface area contributed by atoms with Crippen LogP contribution in [0.5, 0.6) is 0 Å². The molecule has 0 aliphatic carbocycles. The van der Waals surface area contributed by atoms with Crippen LogP contribution in [-0.2, 0) is 9.59 Å². The van der Waals surface area contributed by atoms with E-state index in [-0.39, 0.29) is 19.3 Å². The van der Waals surface area contributed by atoms with Gasteiger partial charge in [0.2, 0.25) is 5.60 Å². The van der Waals surface area contributed by atoms with Gasteiger partial charge in [-0.25, -0.2) is 0 Å². The number of ketones is 2. The Kier molecular flexibility index (Phi) is 21.7. The summed E-state index contributed by atoms with van der Waals surface area (Å²) in [5, 5.41) is 32.6. The van der Waals surface area contributed by atoms with Crippen molar-refractivity contribution in [2.24, 2.45) is 0 Å². The van der Waals surface area contributed by atoms with Crippen LogP contribution in [-0.4, -0.2) is 44.7 Å². The first-order valence-corrected chi connectivity index (χ1v) is 15.5. The minimum atomic E-state index is -2.52. The minimum absolute atomic E-state index is 0.0312. The van der Waals surface area contributed by atoms with Crippen LogP contribution in [0.15, 0.2) is 0 Å². The fraction of sp³-hybridized carbons (Fsp3) is 0.935. The van der Waals surface area contributed by atoms with Crippen molar-refractivity contribution in [2.45, 2.75) is 180 Å². The lowest BCUT2D eigenvalue weighted by Crippen LogP contribution is -2.66. The van der Waals surface area contributed by atoms with Crippen molar-refractivity contribution in [3.63, 3.8) is 0 Å². The quantitative estimate of drug-likeness (QED) is 0.0777. The largest absolute Gasteiger partial charge is 0.393 e. The molecule has 0 aliphatic heterocycles. The van der Waals surface area contributed by atoms with E-state index in [0.29, 0.717) is 19.3 Å². The molecule has 0 aromatic rings. The molecule has 0 aromatic carbocycles. The zero-order valence-electron chi connectivity index (χ0n) is 24.1. The van der Waals surface area contributed by atoms with Gasteiger partial charge in [-0.1, -0.05) is 136 Å². The van der Waals surface area contributed by atoms with Gasteiger partial charge in [-0.05, 0) is 19.3 Å². The number of aliphatic hydroxyl groups is 3. The average Bonchev–Trinajstić information content (AvgIpc) is 2.88. The van der Waals surface area contributed by atoms with Crippen LogP contribution in [0.2, 0.25) is 0 Å². The Hall–Kier alpha value is -0.780. The Labute approximate surface area is 222 Å². The monoisotopic (exact) mass is 512 g/mol. The predicted octanol–water partition coefficient (Wildman–Crippen LogP) is 7.61. The summed E-state index contributed by atoms with van der Waals surface area (Å²) in [7, 11) is 0. The molecule has 1 unspecified atom stereocenters. The van der Waals surface area contributed by atoms with E-state index in [1.54, 1.807) is 0 Å². The molecule has 1 atom stereocenters. The number of aliphatic hydroxyl groups excluding tert-OH is 1. The van der Waals surface area contributed by atoms with E-state index in [4.69, 9.17) is 0 Å². The van der Waals surface area contributed by atoms with Crippen molar-refractivity contribution in [3.05, 3.63) is 0 Å². The Balaban J connectivity index is 4.79. The number of rotatable bonds is 27. The topological polar surface area (TPSA) is 94.8 Å². The lowest BCUT2D eigenvalue weighted by atomic mass is 9.71. The molecule has 214 valence electrons. The van der Waals surface area contributed by atoms with E-state index in [1.807, 2.05) is 6.92 Å². The van der Waals surface area contributed by atoms with Crippen LogP contribution in [0.3, 0.4) is 0 Å². The molecule has 0 aliphatic rings. The highest BCUT2D eigenvalue weighted by Crippen LogP contribution is 2.33. The van der Waals surface area contributed by atoms with Crippen molar-refractivity contribution in [1.82, 2.24) is 0 Å². The predicted molar refractivity (Wildman–Crippen MR) is 150 cm³/mol. The smallest absolute Gasteiger partial charge is 0.212 e. The Morgan fingerprint density at radius 3 is 1.11 bits per heavy atom. The average molecular weight is 513 g/mol. The summed E-state index contributed by atoms with van der Waals surface area (Å²) in [6, 6.07) is 0. The molecule has 0 bridgehead atoms. The summed E-state index contributed by atoms with van der Waals surface area (Å²) < 4.78 is 0. The van der Waals surface area contributed by atoms with Gasteiger partial charge in [-0.2, -0.15) is 0 Å². The molecule has 0 radical (unpaired) electrons. The van der Waals surface area contributed by atoms with Crippen LogP contribution >= 0.6 is 0 Å². The molecular formula is C31H60O5. The van der Waals surface area contributed by atoms with Crippen LogP contribution in [0.1, 0.15) is 168 Å². The lowest BCUT2D eigenvalue weighted by Gasteiger charge is -2.40. The number of hydrogen-bond acceptors (Lipinski definition) is 5. The molecule has 0 saturated carbocycles. The van der Waals surface area contributed by atoms with E-state index >= 15 is 0 Å². The van der Waals surface area contributed by atoms with Gasteiger partial charge in [0, 0.05) is 12.8 Å². The van der Waals surface area contributed by atoms with E-state index in [0.717, 1.165) is 44.9 Å². The third kappa shape index (κ3) is 13.7. The van der Waals surface area contributed by atoms with Crippen molar-refractivity contribution < 1.29 is 24.9 Å². The molecule has 5 heteroatoms. The molecule has 0 amide bonds. The summed E-state index contributed by atoms with van der Waals surface area (Å²) in [4.78, 5) is 26.4. The van der Waals surface area contributed by atoms with Crippen molar-refractivity contribution in [2.75, 3.05) is 6.61 Å². The maximum Gasteiger partial charge on any atom is 0.212 e. The summed E-state index contributed by atoms with van der Waals surface area (Å²) in [5.74, 6) is -1.25. The van der Waals surface area contributed by atoms with Crippen LogP contribution < -0.4 is 0 Å². The second-order valence-electron chi connectivity index (χ2n) is 11.0. The molecule has 0 spiro atoms. The van der Waals surface area contributed by atoms with Gasteiger partial charge in [0.15, 0.2) is 11.6 Å². The molecule has 0 aromatic heterocycles. The first kappa shape index (κ1) is 35.2. The molecule has 3 N–H and O–H groups in total. The zero-order valence-corrected chi connectivity index (χ0v) is 24.1. The maximum absolute atomic E-state index is 13.2. The standard InChI is InChI=1S/C31H60O5/c1-4-7-10-12-14-16-18-20-22-24-28(33)31(36,30(35,27-32)26-9-6-3)29(34)25-23-21-19-17-15-13-11-8-5-2/h32,35-36H,4-27H2,1-3H3. The van der Waals surface area contributed by atoms with Gasteiger partial charge in [-0.15, -0.1) is 0 Å². The molecule has 0 rings (SSSR count). The van der Waals surface area contributed by atoms with Gasteiger partial charge in [0.25, 0.3) is 0 Å². The first-order valence-electron chi connectivity index (χ1n) is 15.5. The zero-order chi connectivity index (χ0) is 27.1. The normalized spacial score (nSPS) is 13.6. The lowest BCUT2D eigenvalue weighted by molar-refractivity contribution is -0.192. The summed E-state index contributed by atoms with van der Waals surface area (Å²) in [5.41, 5.74) is -4.63. The van der Waals surface area contributed by atoms with Gasteiger partial charge in [-0.3, -0.25) is 9.59 Å². The molecule has 36 heavy (non-hydrogen) atoms. The first-order chi connectivity index (χ1) is 17.3. The Bertz CT molecular complexity index is 513. The van der Waals surface area contributed by atoms with Crippen LogP contribution in [0.4, 0.5) is 0 Å². The second-order valence-corrected chi connectivity index (χ2v) is 11.0. The van der Waals surface area contributed by atoms with E-state index in [1.165, 1.54) is 64.2 Å². The SMILES string of the molecule is CCCCCCCCCCCC(=O)C(O)(C(=O)CCCCCCCCCCC)C(O)(CO)CCCC. The van der Waals surface area contributed by atoms with Crippen LogP contribution in [0.25, 0.3) is 0 Å². The number of Topliss-reactive ketones (excluding diaryl/α,β-unsaturated/α-hetero) is 2. The Morgan fingerprint density at radius 2 is 0.806 bits per heavy atom. The summed E-state index contributed by atoms with van der Waals surface area (Å²) in [6.07, 6.45) is 21.2. The molecule has 0 fully saturated rings. The third-order valence-electron chi connectivity index (χ3n) is 7.70. The number of carbonyl (C=O) groups excluding carboxylic acids is 2. The van der Waals surface area contributed by atoms with Crippen LogP contribution in [0, 0.1) is 0 Å². The summed E-state index contributed by atoms with van der Waals surface area (Å²) >= 11 is 0. The fourth-order valence-electron chi connectivity index (χ4n) is 5.07. The third-order valence-corrected chi connectivity index (χ3v) is 7.70. The van der Waals surface area contributed by atoms with Gasteiger partial charge >= 0.3 is 0 Å². The summed E-state index contributed by atoms with van der Waals surface area (Å²) in [6.45, 7) is 5.56. The molecule has 0 heterocycles. The van der Waals surface area contributed by atoms with Gasteiger partial charge in [0.05, 0.1) is 6.61 Å².